The Balaban J connectivity index is 0.949. The highest BCUT2D eigenvalue weighted by atomic mass is 16.5. The molecule has 0 unspecified atom stereocenters. The van der Waals surface area contributed by atoms with E-state index in [1.54, 1.807) is 6.92 Å². The van der Waals surface area contributed by atoms with Gasteiger partial charge in [0.1, 0.15) is 23.7 Å². The molecule has 6 atom stereocenters. The molecule has 3 aliphatic rings. The topological polar surface area (TPSA) is 175 Å². The Bertz CT molecular complexity index is 2340. The number of aromatic nitrogens is 4. The predicted molar refractivity (Wildman–Crippen MR) is 218 cm³/mol. The molecule has 58 heavy (non-hydrogen) atoms. The number of likely N-dealkylation sites (tertiary alicyclic amines) is 2. The first-order chi connectivity index (χ1) is 28.0. The molecule has 1 aliphatic carbocycles. The highest BCUT2D eigenvalue weighted by molar-refractivity contribution is 5.91. The summed E-state index contributed by atoms with van der Waals surface area (Å²) in [6.07, 6.45) is 6.98. The van der Waals surface area contributed by atoms with Crippen LogP contribution in [-0.2, 0) is 19.1 Å². The summed E-state index contributed by atoms with van der Waals surface area (Å²) in [5, 5.41) is 7.52. The van der Waals surface area contributed by atoms with Crippen LogP contribution in [0.5, 0.6) is 0 Å². The number of nitrogens with one attached hydrogen (secondary N) is 4. The van der Waals surface area contributed by atoms with Gasteiger partial charge in [0.25, 0.3) is 0 Å². The Morgan fingerprint density at radius 1 is 0.724 bits per heavy atom. The molecule has 2 aliphatic heterocycles. The molecule has 4 N–H and O–H groups in total. The minimum absolute atomic E-state index is 0.104. The van der Waals surface area contributed by atoms with E-state index in [4.69, 9.17) is 19.4 Å². The summed E-state index contributed by atoms with van der Waals surface area (Å²) in [4.78, 5) is 71.1. The molecule has 4 amide bonds. The zero-order chi connectivity index (χ0) is 40.7. The van der Waals surface area contributed by atoms with Crippen molar-refractivity contribution in [3.8, 4) is 33.6 Å². The number of methoxy groups -OCH3 is 2. The van der Waals surface area contributed by atoms with E-state index < -0.39 is 24.3 Å². The number of fused-ring (bicyclic) bond motifs is 3. The first-order valence-electron chi connectivity index (χ1n) is 20.1. The second-order valence-electron chi connectivity index (χ2n) is 16.0. The van der Waals surface area contributed by atoms with Gasteiger partial charge in [0.2, 0.25) is 11.8 Å². The van der Waals surface area contributed by atoms with Crippen molar-refractivity contribution in [2.24, 2.45) is 11.8 Å². The number of imidazole rings is 2. The molecule has 1 saturated carbocycles. The van der Waals surface area contributed by atoms with Crippen LogP contribution in [0.3, 0.4) is 0 Å². The van der Waals surface area contributed by atoms with E-state index in [2.05, 4.69) is 81.3 Å². The van der Waals surface area contributed by atoms with Crippen molar-refractivity contribution in [3.05, 3.63) is 84.7 Å². The standard InChI is InChI=1S/C44H50N8O6/c1-24(2)37(50-44(56)58-5)42(54)51-18-6-7-36(51)39-45-23-35(48-39)31-15-14-29-19-28(12-13-30(29)20-31)26-8-10-27(11-9-26)34-22-46-40(49-34)38-32-16-17-33(21-32)52(38)41(53)25(3)47-43(55)57-4/h8-15,19-20,22-25,32-33,36-38H,6-7,16-18,21H2,1-5H3,(H,45,48)(H,46,49)(H,47,55)(H,50,56)/t25-,32+,33+,36-,37-,38-/m0/s1. The van der Waals surface area contributed by atoms with Gasteiger partial charge in [-0.05, 0) is 90.5 Å². The zero-order valence-corrected chi connectivity index (χ0v) is 33.5. The fourth-order valence-corrected chi connectivity index (χ4v) is 9.09. The van der Waals surface area contributed by atoms with Gasteiger partial charge in [-0.1, -0.05) is 62.4 Å². The Hall–Kier alpha value is -6.18. The highest BCUT2D eigenvalue weighted by Gasteiger charge is 2.50. The maximum Gasteiger partial charge on any atom is 0.407 e. The third kappa shape index (κ3) is 7.38. The number of ether oxygens (including phenoxy) is 2. The van der Waals surface area contributed by atoms with Gasteiger partial charge in [-0.25, -0.2) is 19.6 Å². The molecule has 2 saturated heterocycles. The largest absolute Gasteiger partial charge is 0.453 e. The Labute approximate surface area is 337 Å². The third-order valence-corrected chi connectivity index (χ3v) is 12.1. The number of hydrogen-bond donors (Lipinski definition) is 4. The lowest BCUT2D eigenvalue weighted by molar-refractivity contribution is -0.138. The highest BCUT2D eigenvalue weighted by Crippen LogP contribution is 2.50. The quantitative estimate of drug-likeness (QED) is 0.116. The Morgan fingerprint density at radius 2 is 1.33 bits per heavy atom. The minimum Gasteiger partial charge on any atom is -0.453 e. The molecular weight excluding hydrogens is 737 g/mol. The molecule has 14 nitrogen and oxygen atoms in total. The molecule has 4 heterocycles. The average molecular weight is 787 g/mol. The first-order valence-corrected chi connectivity index (χ1v) is 20.1. The van der Waals surface area contributed by atoms with Gasteiger partial charge in [-0.2, -0.15) is 0 Å². The van der Waals surface area contributed by atoms with Crippen LogP contribution in [0.2, 0.25) is 0 Å². The Morgan fingerprint density at radius 3 is 2.03 bits per heavy atom. The molecule has 0 spiro atoms. The van der Waals surface area contributed by atoms with Crippen LogP contribution in [-0.4, -0.2) is 92.6 Å². The van der Waals surface area contributed by atoms with Crippen LogP contribution < -0.4 is 10.6 Å². The van der Waals surface area contributed by atoms with Crippen LogP contribution in [0.4, 0.5) is 9.59 Å². The van der Waals surface area contributed by atoms with Gasteiger partial charge in [0, 0.05) is 18.2 Å². The van der Waals surface area contributed by atoms with Crippen molar-refractivity contribution in [2.45, 2.75) is 83.1 Å². The smallest absolute Gasteiger partial charge is 0.407 e. The fourth-order valence-electron chi connectivity index (χ4n) is 9.09. The van der Waals surface area contributed by atoms with Gasteiger partial charge in [-0.3, -0.25) is 9.59 Å². The van der Waals surface area contributed by atoms with Crippen LogP contribution >= 0.6 is 0 Å². The summed E-state index contributed by atoms with van der Waals surface area (Å²) in [7, 11) is 2.58. The lowest BCUT2D eigenvalue weighted by Crippen LogP contribution is -2.51. The number of alkyl carbamates (subject to hydrolysis) is 2. The summed E-state index contributed by atoms with van der Waals surface area (Å²) in [5.41, 5.74) is 5.93. The molecule has 3 fully saturated rings. The summed E-state index contributed by atoms with van der Waals surface area (Å²) < 4.78 is 9.48. The monoisotopic (exact) mass is 786 g/mol. The van der Waals surface area contributed by atoms with Gasteiger partial charge in [0.15, 0.2) is 0 Å². The van der Waals surface area contributed by atoms with Crippen molar-refractivity contribution in [3.63, 3.8) is 0 Å². The molecule has 2 bridgehead atoms. The zero-order valence-electron chi connectivity index (χ0n) is 33.5. The second-order valence-corrected chi connectivity index (χ2v) is 16.0. The third-order valence-electron chi connectivity index (χ3n) is 12.1. The van der Waals surface area contributed by atoms with E-state index in [0.29, 0.717) is 12.5 Å². The molecule has 0 radical (unpaired) electrons. The number of amides is 4. The molecule has 14 heteroatoms. The fraction of sp³-hybridized carbons (Fsp3) is 0.409. The predicted octanol–water partition coefficient (Wildman–Crippen LogP) is 7.13. The number of piperidine rings is 1. The number of H-pyrrole nitrogens is 2. The molecule has 3 aromatic carbocycles. The van der Waals surface area contributed by atoms with Gasteiger partial charge in [0.05, 0.1) is 50.1 Å². The minimum atomic E-state index is -0.699. The summed E-state index contributed by atoms with van der Waals surface area (Å²) in [5.74, 6) is 1.46. The molecule has 8 rings (SSSR count). The number of nitrogens with zero attached hydrogens (tertiary/aromatic N) is 4. The van der Waals surface area contributed by atoms with Crippen molar-refractivity contribution in [1.29, 1.82) is 0 Å². The average Bonchev–Trinajstić information content (AvgIpc) is 4.10. The van der Waals surface area contributed by atoms with Crippen molar-refractivity contribution in [1.82, 2.24) is 40.4 Å². The van der Waals surface area contributed by atoms with E-state index >= 15 is 0 Å². The number of rotatable bonds is 10. The molecular formula is C44H50N8O6. The van der Waals surface area contributed by atoms with Crippen LogP contribution in [0.1, 0.15) is 76.6 Å². The van der Waals surface area contributed by atoms with E-state index in [-0.39, 0.29) is 35.9 Å². The number of benzene rings is 3. The van der Waals surface area contributed by atoms with Crippen LogP contribution in [0.15, 0.2) is 73.1 Å². The molecule has 5 aromatic rings. The number of aromatic amines is 2. The Kier molecular flexibility index (Phi) is 10.7. The lowest BCUT2D eigenvalue weighted by Gasteiger charge is -2.36. The van der Waals surface area contributed by atoms with Gasteiger partial charge >= 0.3 is 12.2 Å². The van der Waals surface area contributed by atoms with Gasteiger partial charge < -0.3 is 39.9 Å². The van der Waals surface area contributed by atoms with E-state index in [0.717, 1.165) is 88.2 Å². The van der Waals surface area contributed by atoms with Crippen molar-refractivity contribution < 1.29 is 28.7 Å². The molecule has 2 aromatic heterocycles. The number of hydrogen-bond acceptors (Lipinski definition) is 8. The summed E-state index contributed by atoms with van der Waals surface area (Å²) in [6, 6.07) is 19.5. The normalized spacial score (nSPS) is 21.0. The van der Waals surface area contributed by atoms with Gasteiger partial charge in [-0.15, -0.1) is 0 Å². The van der Waals surface area contributed by atoms with E-state index in [1.807, 2.05) is 36.0 Å². The first kappa shape index (κ1) is 38.7. The van der Waals surface area contributed by atoms with Crippen molar-refractivity contribution in [2.75, 3.05) is 20.8 Å². The SMILES string of the molecule is COC(=O)N[C@@H](C)C(=O)N1[C@@H]2CC[C@H](C2)[C@H]1c1ncc(-c2ccc(-c3ccc4cc(-c5cnc([C@@H]6CCCN6C(=O)[C@@H](NC(=O)OC)C(C)C)[nH]5)ccc4c3)cc2)[nH]1. The number of carbonyl (C=O) groups excluding carboxylic acids is 4. The second kappa shape index (κ2) is 16.0. The van der Waals surface area contributed by atoms with Crippen molar-refractivity contribution >= 4 is 34.8 Å². The maximum atomic E-state index is 13.6. The maximum absolute atomic E-state index is 13.6. The summed E-state index contributed by atoms with van der Waals surface area (Å²) in [6.45, 7) is 6.10. The number of carbonyl (C=O) groups is 4. The van der Waals surface area contributed by atoms with E-state index in [1.165, 1.54) is 14.2 Å². The lowest BCUT2D eigenvalue weighted by atomic mass is 9.97. The van der Waals surface area contributed by atoms with Crippen LogP contribution in [0.25, 0.3) is 44.4 Å². The summed E-state index contributed by atoms with van der Waals surface area (Å²) >= 11 is 0. The molecule has 302 valence electrons. The van der Waals surface area contributed by atoms with E-state index in [9.17, 15) is 19.2 Å². The van der Waals surface area contributed by atoms with Crippen LogP contribution in [0, 0.1) is 11.8 Å².